The Morgan fingerprint density at radius 1 is 0.387 bits per heavy atom. The Morgan fingerprint density at radius 3 is 0.790 bits per heavy atom. The van der Waals surface area contributed by atoms with Gasteiger partial charge >= 0.3 is 0 Å². The molecule has 62 heavy (non-hydrogen) atoms. The molecule has 1 aliphatic rings. The van der Waals surface area contributed by atoms with E-state index >= 15 is 0 Å². The third-order valence-electron chi connectivity index (χ3n) is 10.7. The smallest absolute Gasteiger partial charge is 0.237 e. The molecular formula is C48H60N8O6. The first-order valence-electron chi connectivity index (χ1n) is 21.0. The average molecular weight is 845 g/mol. The molecule has 1 saturated heterocycles. The van der Waals surface area contributed by atoms with Gasteiger partial charge in [0.15, 0.2) is 0 Å². The van der Waals surface area contributed by atoms with Crippen molar-refractivity contribution >= 4 is 35.4 Å². The summed E-state index contributed by atoms with van der Waals surface area (Å²) in [5.74, 6) is -1.78. The first-order valence-corrected chi connectivity index (χ1v) is 21.0. The largest absolute Gasteiger partial charge is 0.348 e. The van der Waals surface area contributed by atoms with Crippen molar-refractivity contribution in [3.05, 3.63) is 144 Å². The number of hydrogen-bond acceptors (Lipinski definition) is 8. The molecule has 1 aliphatic heterocycles. The van der Waals surface area contributed by atoms with Gasteiger partial charge in [0.2, 0.25) is 35.4 Å². The zero-order chi connectivity index (χ0) is 44.4. The van der Waals surface area contributed by atoms with E-state index in [1.54, 1.807) is 57.6 Å². The number of nitrogens with zero attached hydrogens (tertiary/aromatic N) is 8. The Morgan fingerprint density at radius 2 is 0.597 bits per heavy atom. The molecule has 0 unspecified atom stereocenters. The average Bonchev–Trinajstić information content (AvgIpc) is 3.26. The molecule has 1 fully saturated rings. The van der Waals surface area contributed by atoms with E-state index in [1.165, 1.54) is 9.80 Å². The van der Waals surface area contributed by atoms with Gasteiger partial charge in [-0.2, -0.15) is 0 Å². The number of carbonyl (C=O) groups is 6. The fraction of sp³-hybridized carbons (Fsp3) is 0.375. The lowest BCUT2D eigenvalue weighted by Gasteiger charge is -2.34. The normalized spacial score (nSPS) is 15.9. The van der Waals surface area contributed by atoms with Crippen LogP contribution in [0.25, 0.3) is 0 Å². The van der Waals surface area contributed by atoms with Crippen LogP contribution in [0.1, 0.15) is 22.3 Å². The molecule has 5 rings (SSSR count). The second-order valence-electron chi connectivity index (χ2n) is 16.1. The van der Waals surface area contributed by atoms with Crippen LogP contribution in [0.5, 0.6) is 0 Å². The van der Waals surface area contributed by atoms with Crippen molar-refractivity contribution in [2.45, 2.75) is 26.2 Å². The maximum Gasteiger partial charge on any atom is 0.237 e. The predicted octanol–water partition coefficient (Wildman–Crippen LogP) is 2.90. The summed E-state index contributed by atoms with van der Waals surface area (Å²) in [6.45, 7) is 0.162. The Kier molecular flexibility index (Phi) is 17.7. The van der Waals surface area contributed by atoms with Crippen LogP contribution in [-0.4, -0.2) is 168 Å². The topological polar surface area (TPSA) is 128 Å². The molecule has 4 aromatic carbocycles. The van der Waals surface area contributed by atoms with E-state index in [2.05, 4.69) is 0 Å². The van der Waals surface area contributed by atoms with Crippen LogP contribution >= 0.6 is 0 Å². The summed E-state index contributed by atoms with van der Waals surface area (Å²) in [7, 11) is 6.52. The van der Waals surface area contributed by atoms with Gasteiger partial charge < -0.3 is 29.4 Å². The van der Waals surface area contributed by atoms with Crippen molar-refractivity contribution in [2.24, 2.45) is 0 Å². The second kappa shape index (κ2) is 23.6. The zero-order valence-corrected chi connectivity index (χ0v) is 36.5. The Hall–Kier alpha value is -6.38. The van der Waals surface area contributed by atoms with E-state index in [9.17, 15) is 28.8 Å². The van der Waals surface area contributed by atoms with Gasteiger partial charge in [-0.05, 0) is 22.3 Å². The highest BCUT2D eigenvalue weighted by atomic mass is 16.2. The quantitative estimate of drug-likeness (QED) is 0.213. The molecule has 0 aliphatic carbocycles. The highest BCUT2D eigenvalue weighted by Gasteiger charge is 2.29. The van der Waals surface area contributed by atoms with Crippen molar-refractivity contribution in [3.63, 3.8) is 0 Å². The minimum absolute atomic E-state index is 0.135. The number of hydrogen-bond donors (Lipinski definition) is 0. The second-order valence-corrected chi connectivity index (χ2v) is 16.1. The molecule has 0 aromatic heterocycles. The van der Waals surface area contributed by atoms with Crippen LogP contribution in [0.2, 0.25) is 0 Å². The summed E-state index contributed by atoms with van der Waals surface area (Å²) >= 11 is 0. The third-order valence-corrected chi connectivity index (χ3v) is 10.7. The number of rotatable bonds is 12. The minimum Gasteiger partial charge on any atom is -0.348 e. The SMILES string of the molecule is CN(C)C(=O)CN1CC(=O)N(Cc2ccccc2)CCN(Cc2ccccc2)C(=O)CN(CC(=O)N(C)C)CC(=O)N(Cc2ccccc2)CCN(Cc2ccccc2)C(=O)C1. The summed E-state index contributed by atoms with van der Waals surface area (Å²) in [5.41, 5.74) is 3.49. The van der Waals surface area contributed by atoms with Crippen LogP contribution in [0.15, 0.2) is 121 Å². The van der Waals surface area contributed by atoms with Gasteiger partial charge in [-0.25, -0.2) is 0 Å². The van der Waals surface area contributed by atoms with E-state index in [-0.39, 0.29) is 127 Å². The molecule has 4 aromatic rings. The summed E-state index contributed by atoms with van der Waals surface area (Å²) in [5, 5.41) is 0. The molecule has 0 bridgehead atoms. The van der Waals surface area contributed by atoms with E-state index < -0.39 is 0 Å². The van der Waals surface area contributed by atoms with Crippen molar-refractivity contribution in [1.82, 2.24) is 39.2 Å². The Bertz CT molecular complexity index is 1790. The van der Waals surface area contributed by atoms with Crippen molar-refractivity contribution < 1.29 is 28.8 Å². The van der Waals surface area contributed by atoms with Gasteiger partial charge in [-0.1, -0.05) is 121 Å². The summed E-state index contributed by atoms with van der Waals surface area (Å²) in [4.78, 5) is 97.2. The van der Waals surface area contributed by atoms with Gasteiger partial charge in [-0.15, -0.1) is 0 Å². The summed E-state index contributed by atoms with van der Waals surface area (Å²) in [6, 6.07) is 38.0. The highest BCUT2D eigenvalue weighted by molar-refractivity contribution is 5.86. The third kappa shape index (κ3) is 15.0. The molecule has 0 spiro atoms. The minimum atomic E-state index is -0.311. The lowest BCUT2D eigenvalue weighted by Crippen LogP contribution is -2.52. The van der Waals surface area contributed by atoms with E-state index in [4.69, 9.17) is 0 Å². The summed E-state index contributed by atoms with van der Waals surface area (Å²) < 4.78 is 0. The lowest BCUT2D eigenvalue weighted by atomic mass is 10.2. The number of carbonyl (C=O) groups excluding carboxylic acids is 6. The van der Waals surface area contributed by atoms with E-state index in [1.807, 2.05) is 121 Å². The maximum atomic E-state index is 14.5. The Balaban J connectivity index is 1.57. The highest BCUT2D eigenvalue weighted by Crippen LogP contribution is 2.14. The van der Waals surface area contributed by atoms with Gasteiger partial charge in [0.1, 0.15) is 0 Å². The van der Waals surface area contributed by atoms with Crippen molar-refractivity contribution in [2.75, 3.05) is 93.6 Å². The van der Waals surface area contributed by atoms with Crippen LogP contribution < -0.4 is 0 Å². The van der Waals surface area contributed by atoms with Crippen LogP contribution in [0.3, 0.4) is 0 Å². The molecule has 1 heterocycles. The molecule has 0 radical (unpaired) electrons. The van der Waals surface area contributed by atoms with E-state index in [0.29, 0.717) is 0 Å². The van der Waals surface area contributed by atoms with Crippen LogP contribution in [0.4, 0.5) is 0 Å². The molecule has 6 amide bonds. The molecule has 0 N–H and O–H groups in total. The number of amides is 6. The van der Waals surface area contributed by atoms with Crippen molar-refractivity contribution in [3.8, 4) is 0 Å². The van der Waals surface area contributed by atoms with Crippen molar-refractivity contribution in [1.29, 1.82) is 0 Å². The van der Waals surface area contributed by atoms with Gasteiger partial charge in [0.05, 0.1) is 39.3 Å². The summed E-state index contributed by atoms with van der Waals surface area (Å²) in [6.07, 6.45) is 0. The van der Waals surface area contributed by atoms with Crippen LogP contribution in [-0.2, 0) is 54.9 Å². The first-order chi connectivity index (χ1) is 29.8. The van der Waals surface area contributed by atoms with Gasteiger partial charge in [-0.3, -0.25) is 38.6 Å². The maximum absolute atomic E-state index is 14.5. The molecule has 14 heteroatoms. The van der Waals surface area contributed by atoms with E-state index in [0.717, 1.165) is 22.3 Å². The standard InChI is InChI=1S/C48H60N8O6/c1-49(2)43(57)33-51-35-45(59)53(29-39-17-9-5-10-18-39)25-27-55(31-41-21-13-7-14-22-41)47(61)37-52(34-44(58)50(3)4)38-48(62)56(32-42-23-15-8-16-24-42)28-26-54(46(60)36-51)30-40-19-11-6-12-20-40/h5-24H,25-38H2,1-4H3. The Labute approximate surface area is 365 Å². The molecule has 0 atom stereocenters. The monoisotopic (exact) mass is 844 g/mol. The fourth-order valence-electron chi connectivity index (χ4n) is 7.03. The first kappa shape index (κ1) is 46.7. The lowest BCUT2D eigenvalue weighted by molar-refractivity contribution is -0.143. The fourth-order valence-corrected chi connectivity index (χ4v) is 7.03. The molecular weight excluding hydrogens is 785 g/mol. The number of benzene rings is 4. The van der Waals surface area contributed by atoms with Gasteiger partial charge in [0, 0.05) is 80.5 Å². The molecule has 328 valence electrons. The number of likely N-dealkylation sites (N-methyl/N-ethyl adjacent to an activating group) is 2. The van der Waals surface area contributed by atoms with Crippen LogP contribution in [0, 0.1) is 0 Å². The predicted molar refractivity (Wildman–Crippen MR) is 238 cm³/mol. The molecule has 0 saturated carbocycles. The molecule has 14 nitrogen and oxygen atoms in total. The van der Waals surface area contributed by atoms with Gasteiger partial charge in [0.25, 0.3) is 0 Å². The zero-order valence-electron chi connectivity index (χ0n) is 36.5.